The maximum Gasteiger partial charge on any atom is 0.387 e. The Bertz CT molecular complexity index is 511. The largest absolute Gasteiger partial charge is 0.480 e. The number of carboxylic acids is 1. The fourth-order valence-electron chi connectivity index (χ4n) is 1.51. The number of benzene rings is 1. The Morgan fingerprint density at radius 2 is 2.00 bits per heavy atom. The number of carbonyl (C=O) groups excluding carboxylic acids is 1. The number of nitrogens with one attached hydrogen (secondary N) is 1. The maximum atomic E-state index is 12.2. The van der Waals surface area contributed by atoms with Gasteiger partial charge in [0, 0.05) is 0 Å². The second-order valence-electron chi connectivity index (χ2n) is 4.35. The Hall–Kier alpha value is -2.22. The van der Waals surface area contributed by atoms with Gasteiger partial charge in [-0.1, -0.05) is 12.1 Å². The number of carbonyl (C=O) groups is 2. The zero-order valence-electron chi connectivity index (χ0n) is 11.5. The normalized spacial score (nSPS) is 12.3. The van der Waals surface area contributed by atoms with Crippen molar-refractivity contribution in [3.63, 3.8) is 0 Å². The molecule has 6 nitrogen and oxygen atoms in total. The number of anilines is 1. The first-order chi connectivity index (χ1) is 9.81. The van der Waals surface area contributed by atoms with Crippen LogP contribution in [-0.2, 0) is 9.59 Å². The lowest BCUT2D eigenvalue weighted by atomic mass is 10.2. The summed E-state index contributed by atoms with van der Waals surface area (Å²) >= 11 is 0. The van der Waals surface area contributed by atoms with Crippen molar-refractivity contribution in [1.29, 1.82) is 0 Å². The number of ether oxygens (including phenoxy) is 1. The molecule has 2 N–H and O–H groups in total. The van der Waals surface area contributed by atoms with Gasteiger partial charge in [-0.15, -0.1) is 0 Å². The molecule has 0 saturated carbocycles. The van der Waals surface area contributed by atoms with E-state index in [1.165, 1.54) is 37.1 Å². The quantitative estimate of drug-likeness (QED) is 0.800. The molecule has 1 rings (SSSR count). The number of amides is 1. The van der Waals surface area contributed by atoms with Gasteiger partial charge in [0.2, 0.25) is 5.91 Å². The average Bonchev–Trinajstić information content (AvgIpc) is 2.39. The molecule has 0 bridgehead atoms. The van der Waals surface area contributed by atoms with E-state index in [9.17, 15) is 18.4 Å². The lowest BCUT2D eigenvalue weighted by molar-refractivity contribution is -0.142. The van der Waals surface area contributed by atoms with Crippen LogP contribution in [0.25, 0.3) is 0 Å². The molecule has 0 fully saturated rings. The minimum absolute atomic E-state index is 0.0965. The van der Waals surface area contributed by atoms with Gasteiger partial charge in [-0.2, -0.15) is 8.78 Å². The minimum atomic E-state index is -3.00. The molecular formula is C13H16F2N2O4. The van der Waals surface area contributed by atoms with Gasteiger partial charge in [0.15, 0.2) is 0 Å². The number of para-hydroxylation sites is 2. The summed E-state index contributed by atoms with van der Waals surface area (Å²) in [5.74, 6) is -1.75. The predicted octanol–water partition coefficient (Wildman–Crippen LogP) is 1.63. The summed E-state index contributed by atoms with van der Waals surface area (Å²) in [6.07, 6.45) is 0. The highest BCUT2D eigenvalue weighted by Crippen LogP contribution is 2.25. The molecule has 0 spiro atoms. The first-order valence-corrected chi connectivity index (χ1v) is 6.08. The van der Waals surface area contributed by atoms with Gasteiger partial charge in [-0.25, -0.2) is 0 Å². The van der Waals surface area contributed by atoms with Crippen LogP contribution in [0.2, 0.25) is 0 Å². The Balaban J connectivity index is 2.69. The molecule has 0 aliphatic rings. The van der Waals surface area contributed by atoms with Crippen LogP contribution in [0.1, 0.15) is 6.92 Å². The van der Waals surface area contributed by atoms with Crippen molar-refractivity contribution in [2.75, 3.05) is 18.9 Å². The van der Waals surface area contributed by atoms with Crippen LogP contribution in [-0.4, -0.2) is 48.1 Å². The summed E-state index contributed by atoms with van der Waals surface area (Å²) in [5.41, 5.74) is 0.0965. The van der Waals surface area contributed by atoms with Gasteiger partial charge in [-0.05, 0) is 26.1 Å². The smallest absolute Gasteiger partial charge is 0.387 e. The first kappa shape index (κ1) is 16.8. The molecule has 116 valence electrons. The molecule has 8 heteroatoms. The fraction of sp³-hybridized carbons (Fsp3) is 0.385. The van der Waals surface area contributed by atoms with Crippen molar-refractivity contribution >= 4 is 17.6 Å². The van der Waals surface area contributed by atoms with E-state index < -0.39 is 24.5 Å². The molecule has 0 saturated heterocycles. The molecule has 1 atom stereocenters. The van der Waals surface area contributed by atoms with Gasteiger partial charge < -0.3 is 15.2 Å². The summed E-state index contributed by atoms with van der Waals surface area (Å²) in [6.45, 7) is -1.77. The Morgan fingerprint density at radius 3 is 2.57 bits per heavy atom. The number of nitrogens with zero attached hydrogens (tertiary/aromatic N) is 1. The highest BCUT2D eigenvalue weighted by atomic mass is 19.3. The van der Waals surface area contributed by atoms with Gasteiger partial charge in [0.05, 0.1) is 12.2 Å². The highest BCUT2D eigenvalue weighted by molar-refractivity contribution is 5.94. The maximum absolute atomic E-state index is 12.2. The van der Waals surface area contributed by atoms with E-state index >= 15 is 0 Å². The Kier molecular flexibility index (Phi) is 6.04. The van der Waals surface area contributed by atoms with E-state index in [0.717, 1.165) is 0 Å². The van der Waals surface area contributed by atoms with Gasteiger partial charge in [-0.3, -0.25) is 14.5 Å². The average molecular weight is 302 g/mol. The van der Waals surface area contributed by atoms with Crippen molar-refractivity contribution in [3.8, 4) is 5.75 Å². The fourth-order valence-corrected chi connectivity index (χ4v) is 1.51. The molecule has 0 heterocycles. The monoisotopic (exact) mass is 302 g/mol. The summed E-state index contributed by atoms with van der Waals surface area (Å²) in [5, 5.41) is 11.2. The van der Waals surface area contributed by atoms with Crippen LogP contribution in [0.15, 0.2) is 24.3 Å². The van der Waals surface area contributed by atoms with Crippen molar-refractivity contribution < 1.29 is 28.2 Å². The van der Waals surface area contributed by atoms with Gasteiger partial charge in [0.1, 0.15) is 11.8 Å². The summed E-state index contributed by atoms with van der Waals surface area (Å²) in [4.78, 5) is 23.9. The zero-order chi connectivity index (χ0) is 16.0. The van der Waals surface area contributed by atoms with Crippen molar-refractivity contribution in [2.45, 2.75) is 19.6 Å². The third-order valence-electron chi connectivity index (χ3n) is 2.79. The van der Waals surface area contributed by atoms with Gasteiger partial charge in [0.25, 0.3) is 0 Å². The molecule has 1 unspecified atom stereocenters. The van der Waals surface area contributed by atoms with E-state index in [-0.39, 0.29) is 18.0 Å². The lowest BCUT2D eigenvalue weighted by Crippen LogP contribution is -2.40. The van der Waals surface area contributed by atoms with E-state index in [2.05, 4.69) is 10.1 Å². The molecule has 1 aromatic rings. The zero-order valence-corrected chi connectivity index (χ0v) is 11.5. The van der Waals surface area contributed by atoms with Crippen LogP contribution in [0.3, 0.4) is 0 Å². The number of aliphatic carboxylic acids is 1. The third kappa shape index (κ3) is 5.35. The third-order valence-corrected chi connectivity index (χ3v) is 2.79. The summed E-state index contributed by atoms with van der Waals surface area (Å²) in [7, 11) is 1.47. The van der Waals surface area contributed by atoms with E-state index in [4.69, 9.17) is 5.11 Å². The molecular weight excluding hydrogens is 286 g/mol. The van der Waals surface area contributed by atoms with Gasteiger partial charge >= 0.3 is 12.6 Å². The molecule has 0 aliphatic carbocycles. The SMILES string of the molecule is CC(C(=O)O)N(C)CC(=O)Nc1ccccc1OC(F)F. The van der Waals surface area contributed by atoms with E-state index in [1.807, 2.05) is 0 Å². The Morgan fingerprint density at radius 1 is 1.38 bits per heavy atom. The number of hydrogen-bond acceptors (Lipinski definition) is 4. The first-order valence-electron chi connectivity index (χ1n) is 6.08. The summed E-state index contributed by atoms with van der Waals surface area (Å²) < 4.78 is 28.7. The number of halogens is 2. The van der Waals surface area contributed by atoms with Crippen LogP contribution in [0.5, 0.6) is 5.75 Å². The van der Waals surface area contributed by atoms with Crippen molar-refractivity contribution in [3.05, 3.63) is 24.3 Å². The lowest BCUT2D eigenvalue weighted by Gasteiger charge is -2.20. The van der Waals surface area contributed by atoms with E-state index in [1.54, 1.807) is 6.07 Å². The highest BCUT2D eigenvalue weighted by Gasteiger charge is 2.19. The number of rotatable bonds is 7. The van der Waals surface area contributed by atoms with E-state index in [0.29, 0.717) is 0 Å². The van der Waals surface area contributed by atoms with Crippen LogP contribution >= 0.6 is 0 Å². The molecule has 0 aliphatic heterocycles. The molecule has 21 heavy (non-hydrogen) atoms. The molecule has 1 amide bonds. The van der Waals surface area contributed by atoms with Crippen molar-refractivity contribution in [2.24, 2.45) is 0 Å². The topological polar surface area (TPSA) is 78.9 Å². The second-order valence-corrected chi connectivity index (χ2v) is 4.35. The number of carboxylic acid groups (broad SMARTS) is 1. The number of hydrogen-bond donors (Lipinski definition) is 2. The van der Waals surface area contributed by atoms with Crippen LogP contribution in [0.4, 0.5) is 14.5 Å². The predicted molar refractivity (Wildman–Crippen MR) is 71.4 cm³/mol. The minimum Gasteiger partial charge on any atom is -0.480 e. The molecule has 0 aromatic heterocycles. The Labute approximate surface area is 120 Å². The van der Waals surface area contributed by atoms with Crippen molar-refractivity contribution in [1.82, 2.24) is 4.90 Å². The standard InChI is InChI=1S/C13H16F2N2O4/c1-8(12(19)20)17(2)7-11(18)16-9-5-3-4-6-10(9)21-13(14)15/h3-6,8,13H,7H2,1-2H3,(H,16,18)(H,19,20). The molecule has 1 aromatic carbocycles. The second kappa shape index (κ2) is 7.53. The van der Waals surface area contributed by atoms with Crippen LogP contribution in [0, 0.1) is 0 Å². The number of likely N-dealkylation sites (N-methyl/N-ethyl adjacent to an activating group) is 1. The molecule has 0 radical (unpaired) electrons. The van der Waals surface area contributed by atoms with Crippen LogP contribution < -0.4 is 10.1 Å². The number of alkyl halides is 2. The summed E-state index contributed by atoms with van der Waals surface area (Å²) in [6, 6.07) is 4.91.